The van der Waals surface area contributed by atoms with Crippen LogP contribution in [0.5, 0.6) is 0 Å². The van der Waals surface area contributed by atoms with Crippen molar-refractivity contribution in [3.63, 3.8) is 0 Å². The standard InChI is InChI=1S/C53H99NO7/c1-6-8-10-12-14-16-18-20-22-23-24-25-26-27-28-29-30-32-33-35-37-39-41-43-51(55)60-48-49(47-59-46-45-50(53(57)58)54(3,4)5)61-52(56)44-42-40-38-36-34-31-21-19-17-15-13-11-9-7-2/h9,11,15,17,49-50H,6-8,10,12-14,16,18-48H2,1-5H3/b11-9+,17-15+. The molecule has 0 amide bonds. The van der Waals surface area contributed by atoms with Gasteiger partial charge in [-0.1, -0.05) is 212 Å². The van der Waals surface area contributed by atoms with Crippen molar-refractivity contribution in [2.45, 2.75) is 257 Å². The van der Waals surface area contributed by atoms with Crippen molar-refractivity contribution in [1.82, 2.24) is 0 Å². The highest BCUT2D eigenvalue weighted by Gasteiger charge is 2.25. The molecule has 0 saturated carbocycles. The van der Waals surface area contributed by atoms with Gasteiger partial charge >= 0.3 is 11.9 Å². The molecule has 0 radical (unpaired) electrons. The van der Waals surface area contributed by atoms with Crippen LogP contribution in [0.4, 0.5) is 0 Å². The number of carbonyl (C=O) groups excluding carboxylic acids is 3. The fourth-order valence-electron chi connectivity index (χ4n) is 7.88. The molecule has 2 atom stereocenters. The number of quaternary nitrogens is 1. The normalized spacial score (nSPS) is 13.0. The fraction of sp³-hybridized carbons (Fsp3) is 0.868. The van der Waals surface area contributed by atoms with E-state index in [-0.39, 0.29) is 42.7 Å². The van der Waals surface area contributed by atoms with Gasteiger partial charge < -0.3 is 28.6 Å². The van der Waals surface area contributed by atoms with E-state index in [1.54, 1.807) is 21.1 Å². The topological polar surface area (TPSA) is 102 Å². The van der Waals surface area contributed by atoms with Gasteiger partial charge in [-0.25, -0.2) is 0 Å². The zero-order chi connectivity index (χ0) is 44.9. The van der Waals surface area contributed by atoms with Gasteiger partial charge in [-0.2, -0.15) is 0 Å². The number of rotatable bonds is 47. The van der Waals surface area contributed by atoms with Crippen molar-refractivity contribution >= 4 is 17.9 Å². The molecule has 0 heterocycles. The zero-order valence-electron chi connectivity index (χ0n) is 40.8. The van der Waals surface area contributed by atoms with Crippen molar-refractivity contribution in [2.24, 2.45) is 0 Å². The van der Waals surface area contributed by atoms with Crippen LogP contribution in [0.3, 0.4) is 0 Å². The maximum Gasteiger partial charge on any atom is 0.306 e. The molecular formula is C53H99NO7. The summed E-state index contributed by atoms with van der Waals surface area (Å²) in [6, 6.07) is -0.725. The van der Waals surface area contributed by atoms with E-state index in [1.807, 2.05) is 0 Å². The highest BCUT2D eigenvalue weighted by atomic mass is 16.6. The predicted octanol–water partition coefficient (Wildman–Crippen LogP) is 13.5. The third-order valence-corrected chi connectivity index (χ3v) is 11.9. The van der Waals surface area contributed by atoms with Crippen LogP contribution in [0.25, 0.3) is 0 Å². The second-order valence-electron chi connectivity index (χ2n) is 18.7. The highest BCUT2D eigenvalue weighted by molar-refractivity contribution is 5.70. The van der Waals surface area contributed by atoms with Gasteiger partial charge in [0.1, 0.15) is 12.6 Å². The van der Waals surface area contributed by atoms with Crippen LogP contribution in [0.1, 0.15) is 245 Å². The first-order chi connectivity index (χ1) is 29.6. The second-order valence-corrected chi connectivity index (χ2v) is 18.7. The fourth-order valence-corrected chi connectivity index (χ4v) is 7.88. The van der Waals surface area contributed by atoms with Crippen LogP contribution < -0.4 is 5.11 Å². The maximum atomic E-state index is 12.7. The molecule has 0 rings (SSSR count). The van der Waals surface area contributed by atoms with Crippen LogP contribution in [0.2, 0.25) is 0 Å². The molecule has 0 aliphatic heterocycles. The Balaban J connectivity index is 4.14. The predicted molar refractivity (Wildman–Crippen MR) is 254 cm³/mol. The van der Waals surface area contributed by atoms with E-state index in [9.17, 15) is 19.5 Å². The van der Waals surface area contributed by atoms with E-state index in [0.717, 1.165) is 57.8 Å². The van der Waals surface area contributed by atoms with E-state index in [2.05, 4.69) is 38.2 Å². The molecule has 2 unspecified atom stereocenters. The number of likely N-dealkylation sites (N-methyl/N-ethyl adjacent to an activating group) is 1. The van der Waals surface area contributed by atoms with Gasteiger partial charge in [0.25, 0.3) is 0 Å². The third kappa shape index (κ3) is 42.9. The summed E-state index contributed by atoms with van der Waals surface area (Å²) in [5.74, 6) is -1.73. The number of esters is 2. The molecule has 0 aliphatic carbocycles. The minimum Gasteiger partial charge on any atom is -0.544 e. The summed E-state index contributed by atoms with van der Waals surface area (Å²) in [6.07, 6.45) is 50.7. The number of allylic oxidation sites excluding steroid dienone is 4. The lowest BCUT2D eigenvalue weighted by Crippen LogP contribution is -2.55. The lowest BCUT2D eigenvalue weighted by molar-refractivity contribution is -0.889. The number of carboxylic acid groups (broad SMARTS) is 1. The number of nitrogens with zero attached hydrogens (tertiary/aromatic N) is 1. The summed E-state index contributed by atoms with van der Waals surface area (Å²) in [5, 5.41) is 11.6. The minimum atomic E-state index is -1.12. The Labute approximate surface area is 377 Å². The van der Waals surface area contributed by atoms with Crippen LogP contribution in [-0.2, 0) is 28.6 Å². The minimum absolute atomic E-state index is 0.0417. The molecule has 0 bridgehead atoms. The van der Waals surface area contributed by atoms with Crippen molar-refractivity contribution in [3.8, 4) is 0 Å². The summed E-state index contributed by atoms with van der Waals surface area (Å²) in [7, 11) is 5.42. The number of hydrogen-bond acceptors (Lipinski definition) is 7. The summed E-state index contributed by atoms with van der Waals surface area (Å²) in [6.45, 7) is 4.59. The Morgan fingerprint density at radius 2 is 0.918 bits per heavy atom. The van der Waals surface area contributed by atoms with E-state index < -0.39 is 18.1 Å². The average molecular weight is 862 g/mol. The van der Waals surface area contributed by atoms with Crippen LogP contribution in [0.15, 0.2) is 24.3 Å². The molecule has 0 saturated heterocycles. The molecule has 0 fully saturated rings. The van der Waals surface area contributed by atoms with E-state index in [0.29, 0.717) is 12.8 Å². The first-order valence-electron chi connectivity index (χ1n) is 25.9. The molecule has 0 spiro atoms. The Hall–Kier alpha value is -2.19. The molecule has 0 aliphatic rings. The van der Waals surface area contributed by atoms with Crippen molar-refractivity contribution in [2.75, 3.05) is 41.0 Å². The molecule has 0 aromatic rings. The number of hydrogen-bond donors (Lipinski definition) is 0. The average Bonchev–Trinajstić information content (AvgIpc) is 3.22. The lowest BCUT2D eigenvalue weighted by atomic mass is 10.0. The van der Waals surface area contributed by atoms with Crippen molar-refractivity contribution < 1.29 is 38.2 Å². The maximum absolute atomic E-state index is 12.7. The zero-order valence-corrected chi connectivity index (χ0v) is 40.8. The molecule has 0 N–H and O–H groups in total. The molecule has 61 heavy (non-hydrogen) atoms. The number of unbranched alkanes of at least 4 members (excludes halogenated alkanes) is 29. The molecule has 358 valence electrons. The molecule has 8 heteroatoms. The van der Waals surface area contributed by atoms with Crippen LogP contribution in [0, 0.1) is 0 Å². The van der Waals surface area contributed by atoms with Gasteiger partial charge in [-0.05, 0) is 38.5 Å². The molecular weight excluding hydrogens is 763 g/mol. The van der Waals surface area contributed by atoms with E-state index >= 15 is 0 Å². The number of carboxylic acids is 1. The summed E-state index contributed by atoms with van der Waals surface area (Å²) in [5.41, 5.74) is 0. The monoisotopic (exact) mass is 862 g/mol. The Morgan fingerprint density at radius 3 is 1.34 bits per heavy atom. The second kappa shape index (κ2) is 44.4. The third-order valence-electron chi connectivity index (χ3n) is 11.9. The largest absolute Gasteiger partial charge is 0.544 e. The smallest absolute Gasteiger partial charge is 0.306 e. The van der Waals surface area contributed by atoms with Crippen LogP contribution >= 0.6 is 0 Å². The lowest BCUT2D eigenvalue weighted by Gasteiger charge is -2.34. The first-order valence-corrected chi connectivity index (χ1v) is 25.9. The quantitative estimate of drug-likeness (QED) is 0.0260. The van der Waals surface area contributed by atoms with Gasteiger partial charge in [0.2, 0.25) is 0 Å². The highest BCUT2D eigenvalue weighted by Crippen LogP contribution is 2.17. The molecule has 0 aromatic heterocycles. The Morgan fingerprint density at radius 1 is 0.508 bits per heavy atom. The van der Waals surface area contributed by atoms with E-state index in [1.165, 1.54) is 154 Å². The van der Waals surface area contributed by atoms with Gasteiger partial charge in [0.15, 0.2) is 6.10 Å². The Kier molecular flexibility index (Phi) is 42.8. The SMILES string of the molecule is CC/C=C/C/C=C/CCCCCCCCCC(=O)OC(COCCC(C(=O)[O-])[N+](C)(C)C)COC(=O)CCCCCCCCCCCCCCCCCCCCCCCCC. The molecule has 8 nitrogen and oxygen atoms in total. The van der Waals surface area contributed by atoms with Crippen molar-refractivity contribution in [3.05, 3.63) is 24.3 Å². The number of ether oxygens (including phenoxy) is 3. The van der Waals surface area contributed by atoms with Crippen LogP contribution in [-0.4, -0.2) is 75.5 Å². The summed E-state index contributed by atoms with van der Waals surface area (Å²) in [4.78, 5) is 37.0. The first kappa shape index (κ1) is 58.8. The van der Waals surface area contributed by atoms with Crippen molar-refractivity contribution in [1.29, 1.82) is 0 Å². The van der Waals surface area contributed by atoms with Gasteiger partial charge in [-0.15, -0.1) is 0 Å². The summed E-state index contributed by atoms with van der Waals surface area (Å²) >= 11 is 0. The number of aliphatic carboxylic acids is 1. The van der Waals surface area contributed by atoms with Gasteiger partial charge in [0.05, 0.1) is 40.3 Å². The van der Waals surface area contributed by atoms with Gasteiger partial charge in [0, 0.05) is 19.3 Å². The summed E-state index contributed by atoms with van der Waals surface area (Å²) < 4.78 is 17.2. The molecule has 0 aromatic carbocycles. The number of carbonyl (C=O) groups is 3. The Bertz CT molecular complexity index is 1050. The van der Waals surface area contributed by atoms with Gasteiger partial charge in [-0.3, -0.25) is 9.59 Å². The van der Waals surface area contributed by atoms with E-state index in [4.69, 9.17) is 14.2 Å².